The van der Waals surface area contributed by atoms with E-state index in [4.69, 9.17) is 28.6 Å². The fourth-order valence-electron chi connectivity index (χ4n) is 4.73. The lowest BCUT2D eigenvalue weighted by atomic mass is 9.87. The summed E-state index contributed by atoms with van der Waals surface area (Å²) in [6.45, 7) is 11.7. The smallest absolute Gasteiger partial charge is 0.270 e. The number of nitrogens with one attached hydrogen (secondary N) is 1. The van der Waals surface area contributed by atoms with Crippen molar-refractivity contribution in [3.8, 4) is 5.75 Å². The van der Waals surface area contributed by atoms with Crippen LogP contribution in [0.3, 0.4) is 0 Å². The quantitative estimate of drug-likeness (QED) is 0.323. The fraction of sp³-hybridized carbons (Fsp3) is 0.296. The Morgan fingerprint density at radius 2 is 1.91 bits per heavy atom. The molecule has 2 aromatic carbocycles. The summed E-state index contributed by atoms with van der Waals surface area (Å²) < 4.78 is 5.55. The fourth-order valence-corrected chi connectivity index (χ4v) is 5.22. The molecule has 1 fully saturated rings. The number of ether oxygens (including phenoxy) is 1. The van der Waals surface area contributed by atoms with Gasteiger partial charge in [0.1, 0.15) is 11.3 Å². The number of amides is 2. The van der Waals surface area contributed by atoms with Crippen LogP contribution in [0, 0.1) is 0 Å². The van der Waals surface area contributed by atoms with E-state index in [1.165, 1.54) is 11.0 Å². The molecular weight excluding hydrogens is 482 g/mol. The van der Waals surface area contributed by atoms with Crippen LogP contribution in [0.1, 0.15) is 45.7 Å². The number of rotatable bonds is 5. The molecule has 0 atom stereocenters. The molecule has 182 valence electrons. The van der Waals surface area contributed by atoms with Crippen LogP contribution in [0.25, 0.3) is 11.6 Å². The van der Waals surface area contributed by atoms with Gasteiger partial charge in [0, 0.05) is 28.9 Å². The van der Waals surface area contributed by atoms with Gasteiger partial charge in [0.2, 0.25) is 0 Å². The number of benzene rings is 2. The Labute approximate surface area is 216 Å². The zero-order valence-corrected chi connectivity index (χ0v) is 22.0. The number of hydrogen-bond acceptors (Lipinski definition) is 5. The van der Waals surface area contributed by atoms with Gasteiger partial charge in [-0.3, -0.25) is 19.8 Å². The highest BCUT2D eigenvalue weighted by Crippen LogP contribution is 2.41. The minimum atomic E-state index is -0.561. The first-order valence-electron chi connectivity index (χ1n) is 11.5. The van der Waals surface area contributed by atoms with Crippen LogP contribution in [-0.2, 0) is 9.59 Å². The average molecular weight is 510 g/mol. The average Bonchev–Trinajstić information content (AvgIpc) is 2.77. The van der Waals surface area contributed by atoms with Crippen molar-refractivity contribution in [3.63, 3.8) is 0 Å². The second-order valence-corrected chi connectivity index (χ2v) is 9.80. The van der Waals surface area contributed by atoms with E-state index in [0.717, 1.165) is 23.4 Å². The molecule has 2 aliphatic rings. The molecule has 2 aliphatic heterocycles. The molecule has 4 rings (SSSR count). The molecule has 0 spiro atoms. The van der Waals surface area contributed by atoms with Crippen molar-refractivity contribution in [2.75, 3.05) is 23.0 Å². The molecule has 35 heavy (non-hydrogen) atoms. The largest absolute Gasteiger partial charge is 0.494 e. The summed E-state index contributed by atoms with van der Waals surface area (Å²) in [4.78, 5) is 29.9. The molecule has 6 nitrogen and oxygen atoms in total. The van der Waals surface area contributed by atoms with Crippen molar-refractivity contribution < 1.29 is 14.3 Å². The molecule has 0 bridgehead atoms. The topological polar surface area (TPSA) is 61.9 Å². The predicted octanol–water partition coefficient (Wildman–Crippen LogP) is 5.59. The van der Waals surface area contributed by atoms with Gasteiger partial charge in [-0.05, 0) is 88.3 Å². The lowest BCUT2D eigenvalue weighted by Crippen LogP contribution is -2.54. The number of carbonyl (C=O) groups is 2. The third-order valence-corrected chi connectivity index (χ3v) is 6.81. The van der Waals surface area contributed by atoms with Gasteiger partial charge in [-0.25, -0.2) is 0 Å². The van der Waals surface area contributed by atoms with Gasteiger partial charge in [-0.1, -0.05) is 23.7 Å². The van der Waals surface area contributed by atoms with Crippen molar-refractivity contribution >= 4 is 63.8 Å². The summed E-state index contributed by atoms with van der Waals surface area (Å²) in [7, 11) is 0. The van der Waals surface area contributed by atoms with E-state index in [2.05, 4.69) is 44.0 Å². The van der Waals surface area contributed by atoms with Crippen LogP contribution in [-0.4, -0.2) is 35.6 Å². The van der Waals surface area contributed by atoms with Gasteiger partial charge in [-0.2, -0.15) is 0 Å². The zero-order chi connectivity index (χ0) is 25.5. The summed E-state index contributed by atoms with van der Waals surface area (Å²) in [6.07, 6.45) is 3.75. The molecule has 1 saturated heterocycles. The highest BCUT2D eigenvalue weighted by atomic mass is 35.5. The first kappa shape index (κ1) is 24.9. The van der Waals surface area contributed by atoms with Gasteiger partial charge in [-0.15, -0.1) is 0 Å². The molecule has 8 heteroatoms. The van der Waals surface area contributed by atoms with Crippen molar-refractivity contribution in [2.24, 2.45) is 0 Å². The summed E-state index contributed by atoms with van der Waals surface area (Å²) in [5.41, 5.74) is 4.05. The Balaban J connectivity index is 1.77. The summed E-state index contributed by atoms with van der Waals surface area (Å²) >= 11 is 12.0. The van der Waals surface area contributed by atoms with Crippen LogP contribution in [0.5, 0.6) is 5.75 Å². The van der Waals surface area contributed by atoms with Crippen molar-refractivity contribution in [3.05, 3.63) is 64.2 Å². The van der Waals surface area contributed by atoms with Crippen molar-refractivity contribution in [1.82, 2.24) is 5.32 Å². The number of fused-ring (bicyclic) bond motifs is 1. The Bertz CT molecular complexity index is 1300. The number of allylic oxidation sites excluding steroid dienone is 1. The van der Waals surface area contributed by atoms with Crippen LogP contribution < -0.4 is 19.9 Å². The maximum Gasteiger partial charge on any atom is 0.270 e. The molecule has 2 heterocycles. The van der Waals surface area contributed by atoms with Gasteiger partial charge in [0.25, 0.3) is 11.8 Å². The number of halogens is 1. The first-order valence-corrected chi connectivity index (χ1v) is 12.3. The van der Waals surface area contributed by atoms with Crippen LogP contribution >= 0.6 is 23.8 Å². The summed E-state index contributed by atoms with van der Waals surface area (Å²) in [5.74, 6) is -0.481. The van der Waals surface area contributed by atoms with E-state index in [1.54, 1.807) is 24.3 Å². The Hall–Kier alpha value is -3.16. The maximum atomic E-state index is 13.5. The highest BCUT2D eigenvalue weighted by molar-refractivity contribution is 7.80. The van der Waals surface area contributed by atoms with E-state index >= 15 is 0 Å². The third kappa shape index (κ3) is 4.58. The van der Waals surface area contributed by atoms with Crippen molar-refractivity contribution in [2.45, 2.75) is 40.2 Å². The highest BCUT2D eigenvalue weighted by Gasteiger charge is 2.35. The predicted molar refractivity (Wildman–Crippen MR) is 146 cm³/mol. The first-order chi connectivity index (χ1) is 16.6. The second-order valence-electron chi connectivity index (χ2n) is 9.00. The number of anilines is 2. The van der Waals surface area contributed by atoms with Crippen molar-refractivity contribution in [1.29, 1.82) is 0 Å². The van der Waals surface area contributed by atoms with E-state index in [0.29, 0.717) is 28.6 Å². The maximum absolute atomic E-state index is 13.5. The van der Waals surface area contributed by atoms with Crippen LogP contribution in [0.2, 0.25) is 5.02 Å². The lowest BCUT2D eigenvalue weighted by Gasteiger charge is -2.43. The monoisotopic (exact) mass is 509 g/mol. The third-order valence-electron chi connectivity index (χ3n) is 6.20. The number of nitrogens with zero attached hydrogens (tertiary/aromatic N) is 2. The number of hydrogen-bond donors (Lipinski definition) is 1. The van der Waals surface area contributed by atoms with E-state index in [1.807, 2.05) is 19.1 Å². The van der Waals surface area contributed by atoms with Gasteiger partial charge < -0.3 is 9.64 Å². The molecular formula is C27H28ClN3O3S. The standard InChI is InChI=1S/C27H28ClN3O3S/c1-6-30-23-14-22(28)17(11-20(23)16(3)15-27(30,4)5)12-21-24(32)29-26(35)31(25(21)33)18-9-8-10-19(13-18)34-7-2/h8-15H,6-7H2,1-5H3,(H,29,32,35)/b21-12-. The Morgan fingerprint density at radius 1 is 1.17 bits per heavy atom. The second kappa shape index (κ2) is 9.47. The SMILES string of the molecule is CCOc1cccc(N2C(=O)/C(=C\c3cc4c(cc3Cl)N(CC)C(C)(C)C=C4C)C(=O)NC2=S)c1. The minimum Gasteiger partial charge on any atom is -0.494 e. The minimum absolute atomic E-state index is 0.0157. The van der Waals surface area contributed by atoms with Crippen LogP contribution in [0.4, 0.5) is 11.4 Å². The van der Waals surface area contributed by atoms with Gasteiger partial charge in [0.15, 0.2) is 5.11 Å². The molecule has 2 aromatic rings. The van der Waals surface area contributed by atoms with Gasteiger partial charge in [0.05, 0.1) is 17.8 Å². The lowest BCUT2D eigenvalue weighted by molar-refractivity contribution is -0.122. The number of carbonyl (C=O) groups excluding carboxylic acids is 2. The molecule has 0 unspecified atom stereocenters. The van der Waals surface area contributed by atoms with E-state index in [9.17, 15) is 9.59 Å². The molecule has 0 radical (unpaired) electrons. The van der Waals surface area contributed by atoms with Crippen LogP contribution in [0.15, 0.2) is 48.0 Å². The Morgan fingerprint density at radius 3 is 2.60 bits per heavy atom. The molecule has 2 amide bonds. The summed E-state index contributed by atoms with van der Waals surface area (Å²) in [5, 5.41) is 3.10. The molecule has 0 saturated carbocycles. The number of likely N-dealkylation sites (N-methyl/N-ethyl adjacent to an activating group) is 1. The molecule has 1 N–H and O–H groups in total. The molecule has 0 aromatic heterocycles. The van der Waals surface area contributed by atoms with Gasteiger partial charge >= 0.3 is 0 Å². The normalized spacial score (nSPS) is 18.4. The summed E-state index contributed by atoms with van der Waals surface area (Å²) in [6, 6.07) is 10.9. The van der Waals surface area contributed by atoms with E-state index in [-0.39, 0.29) is 16.2 Å². The number of thiocarbonyl (C=S) groups is 1. The molecule has 0 aliphatic carbocycles. The Kier molecular flexibility index (Phi) is 6.75. The zero-order valence-electron chi connectivity index (χ0n) is 20.4. The van der Waals surface area contributed by atoms with E-state index < -0.39 is 11.8 Å².